The SMILES string of the molecule is C[C@@H](C(=O)O)N(C(=O)[C@@H](N)Cc1ccccc1)c1cccs1. The quantitative estimate of drug-likeness (QED) is 0.854. The highest BCUT2D eigenvalue weighted by molar-refractivity contribution is 7.14. The number of carbonyl (C=O) groups is 2. The lowest BCUT2D eigenvalue weighted by Gasteiger charge is -2.27. The fourth-order valence-electron chi connectivity index (χ4n) is 2.14. The molecule has 6 heteroatoms. The predicted molar refractivity (Wildman–Crippen MR) is 87.0 cm³/mol. The number of amides is 1. The maximum Gasteiger partial charge on any atom is 0.326 e. The number of carboxylic acid groups (broad SMARTS) is 1. The number of carbonyl (C=O) groups excluding carboxylic acids is 1. The summed E-state index contributed by atoms with van der Waals surface area (Å²) >= 11 is 1.32. The molecule has 2 rings (SSSR count). The third kappa shape index (κ3) is 3.72. The zero-order chi connectivity index (χ0) is 16.1. The second kappa shape index (κ2) is 7.20. The lowest BCUT2D eigenvalue weighted by atomic mass is 10.0. The van der Waals surface area contributed by atoms with E-state index in [4.69, 9.17) is 5.73 Å². The highest BCUT2D eigenvalue weighted by atomic mass is 32.1. The molecule has 0 aliphatic rings. The number of thiophene rings is 1. The fourth-order valence-corrected chi connectivity index (χ4v) is 2.96. The first-order valence-electron chi connectivity index (χ1n) is 6.89. The average Bonchev–Trinajstić information content (AvgIpc) is 3.02. The Hall–Kier alpha value is -2.18. The molecule has 5 nitrogen and oxygen atoms in total. The molecule has 1 amide bonds. The summed E-state index contributed by atoms with van der Waals surface area (Å²) in [6, 6.07) is 11.2. The van der Waals surface area contributed by atoms with Crippen molar-refractivity contribution in [3.8, 4) is 0 Å². The van der Waals surface area contributed by atoms with Gasteiger partial charge in [-0.25, -0.2) is 4.79 Å². The number of benzene rings is 1. The first-order chi connectivity index (χ1) is 10.5. The topological polar surface area (TPSA) is 83.6 Å². The molecule has 0 unspecified atom stereocenters. The average molecular weight is 318 g/mol. The third-order valence-electron chi connectivity index (χ3n) is 3.34. The number of carboxylic acids is 1. The van der Waals surface area contributed by atoms with E-state index < -0.39 is 18.1 Å². The summed E-state index contributed by atoms with van der Waals surface area (Å²) in [5.41, 5.74) is 6.96. The summed E-state index contributed by atoms with van der Waals surface area (Å²) < 4.78 is 0. The van der Waals surface area contributed by atoms with Crippen LogP contribution in [0.2, 0.25) is 0 Å². The smallest absolute Gasteiger partial charge is 0.326 e. The van der Waals surface area contributed by atoms with Crippen molar-refractivity contribution in [2.24, 2.45) is 5.73 Å². The van der Waals surface area contributed by atoms with Gasteiger partial charge in [-0.3, -0.25) is 9.69 Å². The van der Waals surface area contributed by atoms with E-state index >= 15 is 0 Å². The minimum atomic E-state index is -1.06. The summed E-state index contributed by atoms with van der Waals surface area (Å²) in [5.74, 6) is -1.45. The van der Waals surface area contributed by atoms with Gasteiger partial charge in [0, 0.05) is 0 Å². The summed E-state index contributed by atoms with van der Waals surface area (Å²) in [6.45, 7) is 1.48. The van der Waals surface area contributed by atoms with Gasteiger partial charge in [0.15, 0.2) is 0 Å². The monoisotopic (exact) mass is 318 g/mol. The van der Waals surface area contributed by atoms with Crippen molar-refractivity contribution < 1.29 is 14.7 Å². The first-order valence-corrected chi connectivity index (χ1v) is 7.77. The molecule has 116 valence electrons. The van der Waals surface area contributed by atoms with Gasteiger partial charge in [-0.05, 0) is 36.4 Å². The molecule has 0 aliphatic carbocycles. The third-order valence-corrected chi connectivity index (χ3v) is 4.21. The van der Waals surface area contributed by atoms with Gasteiger partial charge in [0.05, 0.1) is 11.0 Å². The Balaban J connectivity index is 2.20. The van der Waals surface area contributed by atoms with E-state index in [9.17, 15) is 14.7 Å². The summed E-state index contributed by atoms with van der Waals surface area (Å²) in [6.07, 6.45) is 0.369. The van der Waals surface area contributed by atoms with Crippen LogP contribution in [0.15, 0.2) is 47.8 Å². The van der Waals surface area contributed by atoms with Crippen molar-refractivity contribution in [3.63, 3.8) is 0 Å². The van der Waals surface area contributed by atoms with Crippen LogP contribution in [0.4, 0.5) is 5.00 Å². The van der Waals surface area contributed by atoms with E-state index in [1.54, 1.807) is 17.5 Å². The van der Waals surface area contributed by atoms with Gasteiger partial charge in [-0.2, -0.15) is 0 Å². The second-order valence-electron chi connectivity index (χ2n) is 4.97. The van der Waals surface area contributed by atoms with Gasteiger partial charge in [-0.15, -0.1) is 11.3 Å². The highest BCUT2D eigenvalue weighted by Gasteiger charge is 2.31. The molecule has 1 aromatic carbocycles. The van der Waals surface area contributed by atoms with Gasteiger partial charge in [0.1, 0.15) is 6.04 Å². The Labute approximate surface area is 133 Å². The Morgan fingerprint density at radius 2 is 1.91 bits per heavy atom. The van der Waals surface area contributed by atoms with Crippen LogP contribution in [0.5, 0.6) is 0 Å². The van der Waals surface area contributed by atoms with Gasteiger partial charge < -0.3 is 10.8 Å². The first kappa shape index (κ1) is 16.2. The minimum Gasteiger partial charge on any atom is -0.480 e. The van der Waals surface area contributed by atoms with Crippen LogP contribution in [0.1, 0.15) is 12.5 Å². The Morgan fingerprint density at radius 3 is 2.45 bits per heavy atom. The largest absolute Gasteiger partial charge is 0.480 e. The molecule has 0 aliphatic heterocycles. The number of nitrogens with zero attached hydrogens (tertiary/aromatic N) is 1. The minimum absolute atomic E-state index is 0.369. The summed E-state index contributed by atoms with van der Waals surface area (Å²) in [5, 5.41) is 11.6. The number of rotatable bonds is 6. The lowest BCUT2D eigenvalue weighted by Crippen LogP contribution is -2.51. The van der Waals surface area contributed by atoms with Crippen molar-refractivity contribution in [1.29, 1.82) is 0 Å². The molecule has 0 radical (unpaired) electrons. The molecule has 0 bridgehead atoms. The Kier molecular flexibility index (Phi) is 5.30. The number of hydrogen-bond acceptors (Lipinski definition) is 4. The standard InChI is InChI=1S/C16H18N2O3S/c1-11(16(20)21)18(14-8-5-9-22-14)15(19)13(17)10-12-6-3-2-4-7-12/h2-9,11,13H,10,17H2,1H3,(H,20,21)/t11-,13-/m0/s1. The van der Waals surface area contributed by atoms with Crippen LogP contribution in [-0.4, -0.2) is 29.1 Å². The molecule has 0 saturated heterocycles. The predicted octanol–water partition coefficient (Wildman–Crippen LogP) is 2.12. The van der Waals surface area contributed by atoms with Crippen molar-refractivity contribution in [3.05, 3.63) is 53.4 Å². The normalized spacial score (nSPS) is 13.4. The maximum absolute atomic E-state index is 12.6. The molecule has 0 spiro atoms. The summed E-state index contributed by atoms with van der Waals surface area (Å²) in [7, 11) is 0. The molecule has 1 aromatic heterocycles. The van der Waals surface area contributed by atoms with Crippen molar-refractivity contribution in [2.45, 2.75) is 25.4 Å². The van der Waals surface area contributed by atoms with Gasteiger partial charge in [0.25, 0.3) is 0 Å². The van der Waals surface area contributed by atoms with Crippen LogP contribution >= 0.6 is 11.3 Å². The zero-order valence-electron chi connectivity index (χ0n) is 12.2. The fraction of sp³-hybridized carbons (Fsp3) is 0.250. The Bertz CT molecular complexity index is 628. The van der Waals surface area contributed by atoms with E-state index in [-0.39, 0.29) is 5.91 Å². The van der Waals surface area contributed by atoms with E-state index in [2.05, 4.69) is 0 Å². The molecule has 1 heterocycles. The molecule has 2 atom stereocenters. The van der Waals surface area contributed by atoms with E-state index in [0.29, 0.717) is 11.4 Å². The van der Waals surface area contributed by atoms with Gasteiger partial charge >= 0.3 is 5.97 Å². The van der Waals surface area contributed by atoms with E-state index in [0.717, 1.165) is 5.56 Å². The van der Waals surface area contributed by atoms with Crippen LogP contribution in [-0.2, 0) is 16.0 Å². The van der Waals surface area contributed by atoms with Gasteiger partial charge in [-0.1, -0.05) is 30.3 Å². The van der Waals surface area contributed by atoms with Crippen LogP contribution in [0.3, 0.4) is 0 Å². The molecule has 0 fully saturated rings. The molecule has 0 saturated carbocycles. The molecular weight excluding hydrogens is 300 g/mol. The van der Waals surface area contributed by atoms with Crippen molar-refractivity contribution >= 4 is 28.2 Å². The Morgan fingerprint density at radius 1 is 1.23 bits per heavy atom. The van der Waals surface area contributed by atoms with Crippen molar-refractivity contribution in [2.75, 3.05) is 4.90 Å². The number of anilines is 1. The van der Waals surface area contributed by atoms with Crippen LogP contribution in [0.25, 0.3) is 0 Å². The molecule has 22 heavy (non-hydrogen) atoms. The second-order valence-corrected chi connectivity index (χ2v) is 5.90. The highest BCUT2D eigenvalue weighted by Crippen LogP contribution is 2.24. The number of hydrogen-bond donors (Lipinski definition) is 2. The molecule has 3 N–H and O–H groups in total. The number of aliphatic carboxylic acids is 1. The van der Waals surface area contributed by atoms with Crippen LogP contribution in [0, 0.1) is 0 Å². The van der Waals surface area contributed by atoms with Crippen molar-refractivity contribution in [1.82, 2.24) is 0 Å². The summed E-state index contributed by atoms with van der Waals surface area (Å²) in [4.78, 5) is 25.2. The van der Waals surface area contributed by atoms with E-state index in [1.165, 1.54) is 23.2 Å². The van der Waals surface area contributed by atoms with Gasteiger partial charge in [0.2, 0.25) is 5.91 Å². The van der Waals surface area contributed by atoms with E-state index in [1.807, 2.05) is 30.3 Å². The lowest BCUT2D eigenvalue weighted by molar-refractivity contribution is -0.139. The number of nitrogens with two attached hydrogens (primary N) is 1. The molecular formula is C16H18N2O3S. The van der Waals surface area contributed by atoms with Crippen LogP contribution < -0.4 is 10.6 Å². The molecule has 2 aromatic rings. The maximum atomic E-state index is 12.6. The zero-order valence-corrected chi connectivity index (χ0v) is 13.0.